The Labute approximate surface area is 124 Å². The Balaban J connectivity index is 1.70. The van der Waals surface area contributed by atoms with E-state index in [2.05, 4.69) is 39.8 Å². The van der Waals surface area contributed by atoms with Gasteiger partial charge in [-0.3, -0.25) is 4.90 Å². The number of halogens is 1. The van der Waals surface area contributed by atoms with Gasteiger partial charge >= 0.3 is 0 Å². The van der Waals surface area contributed by atoms with Gasteiger partial charge in [-0.05, 0) is 58.2 Å². The highest BCUT2D eigenvalue weighted by molar-refractivity contribution is 9.10. The van der Waals surface area contributed by atoms with Crippen molar-refractivity contribution in [3.63, 3.8) is 0 Å². The molecule has 0 spiro atoms. The van der Waals surface area contributed by atoms with Crippen molar-refractivity contribution in [3.8, 4) is 5.75 Å². The van der Waals surface area contributed by atoms with Gasteiger partial charge in [0.25, 0.3) is 0 Å². The molecular formula is C15H23BrN2O. The van der Waals surface area contributed by atoms with Crippen molar-refractivity contribution in [2.75, 3.05) is 40.3 Å². The first-order valence-corrected chi connectivity index (χ1v) is 7.71. The molecule has 0 aliphatic carbocycles. The second kappa shape index (κ2) is 7.27. The summed E-state index contributed by atoms with van der Waals surface area (Å²) in [5.41, 5.74) is 0. The summed E-state index contributed by atoms with van der Waals surface area (Å²) in [4.78, 5) is 4.84. The predicted molar refractivity (Wildman–Crippen MR) is 82.8 cm³/mol. The molecule has 1 aromatic rings. The SMILES string of the molecule is CN1CCC(N(C)CCOc2cccc(Br)c2)CC1. The van der Waals surface area contributed by atoms with Gasteiger partial charge in [-0.1, -0.05) is 22.0 Å². The molecule has 2 rings (SSSR count). The number of rotatable bonds is 5. The van der Waals surface area contributed by atoms with Crippen LogP contribution >= 0.6 is 15.9 Å². The van der Waals surface area contributed by atoms with Crippen LogP contribution in [0.2, 0.25) is 0 Å². The maximum Gasteiger partial charge on any atom is 0.120 e. The minimum Gasteiger partial charge on any atom is -0.492 e. The lowest BCUT2D eigenvalue weighted by molar-refractivity contribution is 0.127. The van der Waals surface area contributed by atoms with E-state index in [1.807, 2.05) is 24.3 Å². The zero-order valence-electron chi connectivity index (χ0n) is 11.8. The fraction of sp³-hybridized carbons (Fsp3) is 0.600. The molecule has 1 saturated heterocycles. The Kier molecular flexibility index (Phi) is 5.67. The van der Waals surface area contributed by atoms with E-state index in [4.69, 9.17) is 4.74 Å². The van der Waals surface area contributed by atoms with E-state index in [0.29, 0.717) is 6.04 Å². The number of piperidine rings is 1. The third-order valence-corrected chi connectivity index (χ3v) is 4.31. The molecule has 1 aliphatic rings. The third kappa shape index (κ3) is 4.79. The molecule has 3 nitrogen and oxygen atoms in total. The molecule has 1 aliphatic heterocycles. The van der Waals surface area contributed by atoms with E-state index in [1.54, 1.807) is 0 Å². The van der Waals surface area contributed by atoms with Crippen LogP contribution in [0.5, 0.6) is 5.75 Å². The van der Waals surface area contributed by atoms with E-state index < -0.39 is 0 Å². The highest BCUT2D eigenvalue weighted by Gasteiger charge is 2.20. The summed E-state index contributed by atoms with van der Waals surface area (Å²) in [7, 11) is 4.41. The first-order valence-electron chi connectivity index (χ1n) is 6.92. The van der Waals surface area contributed by atoms with Gasteiger partial charge in [-0.25, -0.2) is 0 Å². The molecular weight excluding hydrogens is 304 g/mol. The molecule has 1 fully saturated rings. The minimum atomic E-state index is 0.710. The second-order valence-electron chi connectivity index (χ2n) is 5.32. The molecule has 0 aromatic heterocycles. The van der Waals surface area contributed by atoms with Crippen LogP contribution in [0.25, 0.3) is 0 Å². The third-order valence-electron chi connectivity index (χ3n) is 3.82. The molecule has 0 unspecified atom stereocenters. The monoisotopic (exact) mass is 326 g/mol. The van der Waals surface area contributed by atoms with Gasteiger partial charge in [-0.2, -0.15) is 0 Å². The van der Waals surface area contributed by atoms with Crippen molar-refractivity contribution < 1.29 is 4.74 Å². The number of ether oxygens (including phenoxy) is 1. The van der Waals surface area contributed by atoms with Crippen LogP contribution < -0.4 is 4.74 Å². The molecule has 0 amide bonds. The van der Waals surface area contributed by atoms with Crippen molar-refractivity contribution in [3.05, 3.63) is 28.7 Å². The lowest BCUT2D eigenvalue weighted by atomic mass is 10.0. The van der Waals surface area contributed by atoms with E-state index in [9.17, 15) is 0 Å². The van der Waals surface area contributed by atoms with Gasteiger partial charge in [0.2, 0.25) is 0 Å². The largest absolute Gasteiger partial charge is 0.492 e. The highest BCUT2D eigenvalue weighted by atomic mass is 79.9. The van der Waals surface area contributed by atoms with Gasteiger partial charge in [0.05, 0.1) is 0 Å². The number of hydrogen-bond acceptors (Lipinski definition) is 3. The summed E-state index contributed by atoms with van der Waals surface area (Å²) in [5.74, 6) is 0.936. The van der Waals surface area contributed by atoms with Gasteiger partial charge < -0.3 is 9.64 Å². The Morgan fingerprint density at radius 3 is 2.79 bits per heavy atom. The minimum absolute atomic E-state index is 0.710. The molecule has 4 heteroatoms. The molecule has 0 radical (unpaired) electrons. The Bertz CT molecular complexity index is 391. The molecule has 0 atom stereocenters. The molecule has 19 heavy (non-hydrogen) atoms. The molecule has 0 saturated carbocycles. The van der Waals surface area contributed by atoms with Crippen LogP contribution in [0.1, 0.15) is 12.8 Å². The van der Waals surface area contributed by atoms with Crippen LogP contribution in [-0.2, 0) is 0 Å². The van der Waals surface area contributed by atoms with Gasteiger partial charge in [0, 0.05) is 17.1 Å². The summed E-state index contributed by atoms with van der Waals surface area (Å²) in [5, 5.41) is 0. The fourth-order valence-electron chi connectivity index (χ4n) is 2.48. The summed E-state index contributed by atoms with van der Waals surface area (Å²) in [6.45, 7) is 4.16. The maximum atomic E-state index is 5.79. The van der Waals surface area contributed by atoms with Crippen LogP contribution in [0.3, 0.4) is 0 Å². The molecule has 1 aromatic carbocycles. The number of hydrogen-bond donors (Lipinski definition) is 0. The number of likely N-dealkylation sites (N-methyl/N-ethyl adjacent to an activating group) is 1. The van der Waals surface area contributed by atoms with Crippen molar-refractivity contribution in [2.45, 2.75) is 18.9 Å². The van der Waals surface area contributed by atoms with Crippen molar-refractivity contribution in [1.29, 1.82) is 0 Å². The quantitative estimate of drug-likeness (QED) is 0.827. The lowest BCUT2D eigenvalue weighted by Crippen LogP contribution is -2.43. The Hall–Kier alpha value is -0.580. The first-order chi connectivity index (χ1) is 9.15. The summed E-state index contributed by atoms with van der Waals surface area (Å²) < 4.78 is 6.85. The molecule has 1 heterocycles. The fourth-order valence-corrected chi connectivity index (χ4v) is 2.86. The van der Waals surface area contributed by atoms with Crippen LogP contribution in [0, 0.1) is 0 Å². The van der Waals surface area contributed by atoms with E-state index >= 15 is 0 Å². The van der Waals surface area contributed by atoms with Gasteiger partial charge in [-0.15, -0.1) is 0 Å². The van der Waals surface area contributed by atoms with Crippen LogP contribution in [-0.4, -0.2) is 56.2 Å². The Morgan fingerprint density at radius 2 is 2.11 bits per heavy atom. The zero-order chi connectivity index (χ0) is 13.7. The normalized spacial score (nSPS) is 17.9. The number of nitrogens with zero attached hydrogens (tertiary/aromatic N) is 2. The van der Waals surface area contributed by atoms with E-state index in [-0.39, 0.29) is 0 Å². The van der Waals surface area contributed by atoms with E-state index in [0.717, 1.165) is 23.4 Å². The number of likely N-dealkylation sites (tertiary alicyclic amines) is 1. The van der Waals surface area contributed by atoms with Gasteiger partial charge in [0.1, 0.15) is 12.4 Å². The van der Waals surface area contributed by atoms with Gasteiger partial charge in [0.15, 0.2) is 0 Å². The summed E-state index contributed by atoms with van der Waals surface area (Å²) in [6.07, 6.45) is 2.54. The van der Waals surface area contributed by atoms with Crippen molar-refractivity contribution >= 4 is 15.9 Å². The Morgan fingerprint density at radius 1 is 1.37 bits per heavy atom. The maximum absolute atomic E-state index is 5.79. The summed E-state index contributed by atoms with van der Waals surface area (Å²) in [6, 6.07) is 8.73. The van der Waals surface area contributed by atoms with Crippen LogP contribution in [0.15, 0.2) is 28.7 Å². The smallest absolute Gasteiger partial charge is 0.120 e. The molecule has 106 valence electrons. The highest BCUT2D eigenvalue weighted by Crippen LogP contribution is 2.18. The standard InChI is InChI=1S/C15H23BrN2O/c1-17-8-6-14(7-9-17)18(2)10-11-19-15-5-3-4-13(16)12-15/h3-5,12,14H,6-11H2,1-2H3. The zero-order valence-corrected chi connectivity index (χ0v) is 13.4. The molecule has 0 bridgehead atoms. The predicted octanol–water partition coefficient (Wildman–Crippen LogP) is 2.85. The van der Waals surface area contributed by atoms with Crippen LogP contribution in [0.4, 0.5) is 0 Å². The topological polar surface area (TPSA) is 15.7 Å². The second-order valence-corrected chi connectivity index (χ2v) is 6.24. The average Bonchev–Trinajstić information content (AvgIpc) is 2.39. The van der Waals surface area contributed by atoms with E-state index in [1.165, 1.54) is 25.9 Å². The number of benzene rings is 1. The summed E-state index contributed by atoms with van der Waals surface area (Å²) >= 11 is 3.46. The van der Waals surface area contributed by atoms with Crippen molar-refractivity contribution in [1.82, 2.24) is 9.80 Å². The first kappa shape index (κ1) is 14.8. The van der Waals surface area contributed by atoms with Crippen molar-refractivity contribution in [2.24, 2.45) is 0 Å². The lowest BCUT2D eigenvalue weighted by Gasteiger charge is -2.35. The average molecular weight is 327 g/mol. The molecule has 0 N–H and O–H groups in total.